The van der Waals surface area contributed by atoms with Crippen LogP contribution in [0.1, 0.15) is 30.5 Å². The minimum Gasteiger partial charge on any atom is -0.382 e. The second-order valence-electron chi connectivity index (χ2n) is 10.0. The Hall–Kier alpha value is -2.70. The number of rotatable bonds is 10. The zero-order chi connectivity index (χ0) is 28.2. The normalized spacial score (nSPS) is 18.5. The van der Waals surface area contributed by atoms with E-state index >= 15 is 0 Å². The lowest BCUT2D eigenvalue weighted by molar-refractivity contribution is -0.147. The molecule has 2 amide bonds. The average Bonchev–Trinajstić information content (AvgIpc) is 3.56. The standard InChI is InChI=1S/C28H33N3O5S3/c1-19-10-7-8-13-21(19)17-29-26(33)25-28(2,3)38-18-31(25)27(34)24(32)22(16-20-11-5-4-6-12-20)30-39(35,36)23-14-9-15-37-23/h4-15,22,24-25,30,32H,16-18H2,1-3H3,(H,29,33)/t22?,24-,25+/m0/s1. The molecule has 0 saturated carbocycles. The smallest absolute Gasteiger partial charge is 0.254 e. The summed E-state index contributed by atoms with van der Waals surface area (Å²) in [7, 11) is -3.98. The van der Waals surface area contributed by atoms with E-state index in [-0.39, 0.29) is 22.4 Å². The molecule has 0 aliphatic carbocycles. The lowest BCUT2D eigenvalue weighted by Gasteiger charge is -2.33. The number of benzene rings is 2. The van der Waals surface area contributed by atoms with Crippen LogP contribution in [0.5, 0.6) is 0 Å². The van der Waals surface area contributed by atoms with Crippen molar-refractivity contribution in [3.63, 3.8) is 0 Å². The van der Waals surface area contributed by atoms with Gasteiger partial charge in [0, 0.05) is 11.3 Å². The number of carbonyl (C=O) groups is 2. The quantitative estimate of drug-likeness (QED) is 0.335. The van der Waals surface area contributed by atoms with E-state index in [1.54, 1.807) is 23.6 Å². The van der Waals surface area contributed by atoms with Crippen molar-refractivity contribution in [2.75, 3.05) is 5.88 Å². The van der Waals surface area contributed by atoms with Gasteiger partial charge in [-0.3, -0.25) is 9.59 Å². The lowest BCUT2D eigenvalue weighted by Crippen LogP contribution is -2.58. The van der Waals surface area contributed by atoms with Gasteiger partial charge in [-0.15, -0.1) is 23.1 Å². The number of aliphatic hydroxyl groups is 1. The van der Waals surface area contributed by atoms with Gasteiger partial charge in [-0.05, 0) is 55.3 Å². The first-order chi connectivity index (χ1) is 18.5. The molecule has 8 nitrogen and oxygen atoms in total. The number of nitrogens with zero attached hydrogens (tertiary/aromatic N) is 1. The topological polar surface area (TPSA) is 116 Å². The third kappa shape index (κ3) is 6.90. The summed E-state index contributed by atoms with van der Waals surface area (Å²) in [6, 6.07) is 17.9. The van der Waals surface area contributed by atoms with Gasteiger partial charge >= 0.3 is 0 Å². The molecule has 1 aliphatic heterocycles. The van der Waals surface area contributed by atoms with E-state index in [0.29, 0.717) is 6.54 Å². The fourth-order valence-corrected chi connectivity index (χ4v) is 7.99. The van der Waals surface area contributed by atoms with E-state index in [2.05, 4.69) is 10.0 Å². The molecular formula is C28H33N3O5S3. The Morgan fingerprint density at radius 2 is 1.77 bits per heavy atom. The number of aryl methyl sites for hydroxylation is 1. The van der Waals surface area contributed by atoms with Crippen LogP contribution in [0.15, 0.2) is 76.3 Å². The molecule has 2 aromatic carbocycles. The maximum absolute atomic E-state index is 13.7. The average molecular weight is 588 g/mol. The molecule has 3 aromatic rings. The van der Waals surface area contributed by atoms with E-state index < -0.39 is 38.9 Å². The Kier molecular flexibility index (Phi) is 9.18. The van der Waals surface area contributed by atoms with Crippen molar-refractivity contribution in [2.45, 2.75) is 60.9 Å². The zero-order valence-corrected chi connectivity index (χ0v) is 24.5. The molecule has 0 bridgehead atoms. The van der Waals surface area contributed by atoms with E-state index in [0.717, 1.165) is 28.0 Å². The van der Waals surface area contributed by atoms with Crippen molar-refractivity contribution in [2.24, 2.45) is 0 Å². The molecule has 1 aromatic heterocycles. The second kappa shape index (κ2) is 12.2. The van der Waals surface area contributed by atoms with Gasteiger partial charge in [0.2, 0.25) is 15.9 Å². The number of amides is 2. The first-order valence-electron chi connectivity index (χ1n) is 12.5. The van der Waals surface area contributed by atoms with Crippen LogP contribution in [-0.2, 0) is 32.6 Å². The highest BCUT2D eigenvalue weighted by atomic mass is 32.2. The molecule has 1 fully saturated rings. The van der Waals surface area contributed by atoms with E-state index in [1.807, 2.05) is 63.2 Å². The molecule has 1 aliphatic rings. The van der Waals surface area contributed by atoms with Gasteiger partial charge in [0.15, 0.2) is 0 Å². The van der Waals surface area contributed by atoms with Crippen molar-refractivity contribution in [1.82, 2.24) is 14.9 Å². The van der Waals surface area contributed by atoms with Gasteiger partial charge in [-0.25, -0.2) is 13.1 Å². The van der Waals surface area contributed by atoms with Crippen LogP contribution in [0.3, 0.4) is 0 Å². The highest BCUT2D eigenvalue weighted by Crippen LogP contribution is 2.40. The van der Waals surface area contributed by atoms with Crippen LogP contribution in [0, 0.1) is 6.92 Å². The molecule has 11 heteroatoms. The third-order valence-electron chi connectivity index (χ3n) is 6.79. The maximum Gasteiger partial charge on any atom is 0.254 e. The molecule has 1 saturated heterocycles. The predicted molar refractivity (Wildman–Crippen MR) is 155 cm³/mol. The fraction of sp³-hybridized carbons (Fsp3) is 0.357. The van der Waals surface area contributed by atoms with Gasteiger partial charge in [0.25, 0.3) is 5.91 Å². The van der Waals surface area contributed by atoms with Crippen LogP contribution in [0.2, 0.25) is 0 Å². The summed E-state index contributed by atoms with van der Waals surface area (Å²) in [5.74, 6) is -0.826. The Balaban J connectivity index is 1.56. The van der Waals surface area contributed by atoms with Crippen molar-refractivity contribution in [3.05, 3.63) is 88.8 Å². The van der Waals surface area contributed by atoms with Gasteiger partial charge < -0.3 is 15.3 Å². The van der Waals surface area contributed by atoms with E-state index in [1.165, 1.54) is 22.7 Å². The molecule has 208 valence electrons. The Labute approximate surface area is 237 Å². The Bertz CT molecular complexity index is 1390. The van der Waals surface area contributed by atoms with Crippen molar-refractivity contribution in [1.29, 1.82) is 0 Å². The van der Waals surface area contributed by atoms with Crippen molar-refractivity contribution in [3.8, 4) is 0 Å². The largest absolute Gasteiger partial charge is 0.382 e. The number of thiophene rings is 1. The molecule has 0 radical (unpaired) electrons. The highest BCUT2D eigenvalue weighted by molar-refractivity contribution is 8.00. The molecule has 1 unspecified atom stereocenters. The molecule has 3 N–H and O–H groups in total. The summed E-state index contributed by atoms with van der Waals surface area (Å²) in [5.41, 5.74) is 2.77. The summed E-state index contributed by atoms with van der Waals surface area (Å²) in [6.07, 6.45) is -1.62. The number of sulfonamides is 1. The number of hydrogen-bond acceptors (Lipinski definition) is 7. The van der Waals surface area contributed by atoms with Gasteiger partial charge in [-0.1, -0.05) is 60.7 Å². The number of thioether (sulfide) groups is 1. The Morgan fingerprint density at radius 3 is 2.44 bits per heavy atom. The number of carbonyl (C=O) groups excluding carboxylic acids is 2. The second-order valence-corrected chi connectivity index (χ2v) is 14.5. The van der Waals surface area contributed by atoms with Crippen molar-refractivity contribution < 1.29 is 23.1 Å². The maximum atomic E-state index is 13.7. The molecule has 0 spiro atoms. The van der Waals surface area contributed by atoms with Crippen LogP contribution in [0.25, 0.3) is 0 Å². The Morgan fingerprint density at radius 1 is 1.08 bits per heavy atom. The zero-order valence-electron chi connectivity index (χ0n) is 22.0. The summed E-state index contributed by atoms with van der Waals surface area (Å²) < 4.78 is 28.1. The summed E-state index contributed by atoms with van der Waals surface area (Å²) in [4.78, 5) is 28.5. The minimum atomic E-state index is -3.98. The molecule has 2 heterocycles. The summed E-state index contributed by atoms with van der Waals surface area (Å²) in [6.45, 7) is 6.05. The van der Waals surface area contributed by atoms with E-state index in [4.69, 9.17) is 0 Å². The first kappa shape index (κ1) is 29.3. The number of hydrogen-bond donors (Lipinski definition) is 3. The van der Waals surface area contributed by atoms with Gasteiger partial charge in [0.1, 0.15) is 16.4 Å². The molecule has 3 atom stereocenters. The van der Waals surface area contributed by atoms with E-state index in [9.17, 15) is 23.1 Å². The van der Waals surface area contributed by atoms with Gasteiger partial charge in [-0.2, -0.15) is 0 Å². The highest BCUT2D eigenvalue weighted by Gasteiger charge is 2.50. The number of aliphatic hydroxyl groups excluding tert-OH is 1. The summed E-state index contributed by atoms with van der Waals surface area (Å²) in [5, 5.41) is 15.9. The van der Waals surface area contributed by atoms with Crippen LogP contribution in [-0.4, -0.2) is 59.1 Å². The van der Waals surface area contributed by atoms with Crippen LogP contribution >= 0.6 is 23.1 Å². The lowest BCUT2D eigenvalue weighted by atomic mass is 9.97. The fourth-order valence-electron chi connectivity index (χ4n) is 4.60. The first-order valence-corrected chi connectivity index (χ1v) is 15.9. The summed E-state index contributed by atoms with van der Waals surface area (Å²) >= 11 is 2.49. The van der Waals surface area contributed by atoms with Gasteiger partial charge in [0.05, 0.1) is 11.9 Å². The molecular weight excluding hydrogens is 555 g/mol. The molecule has 4 rings (SSSR count). The predicted octanol–water partition coefficient (Wildman–Crippen LogP) is 3.30. The van der Waals surface area contributed by atoms with Crippen molar-refractivity contribution >= 4 is 44.9 Å². The number of nitrogens with one attached hydrogen (secondary N) is 2. The van der Waals surface area contributed by atoms with Crippen LogP contribution < -0.4 is 10.0 Å². The third-order valence-corrected chi connectivity index (χ3v) is 11.1. The minimum absolute atomic E-state index is 0.0894. The van der Waals surface area contributed by atoms with Crippen LogP contribution in [0.4, 0.5) is 0 Å². The monoisotopic (exact) mass is 587 g/mol. The molecule has 39 heavy (non-hydrogen) atoms. The SMILES string of the molecule is Cc1ccccc1CNC(=O)[C@H]1N(C(=O)[C@@H](O)C(Cc2ccccc2)NS(=O)(=O)c2cccs2)CSC1(C)C.